The van der Waals surface area contributed by atoms with E-state index < -0.39 is 0 Å². The van der Waals surface area contributed by atoms with Crippen molar-refractivity contribution < 1.29 is 28.4 Å². The molecule has 8 nitrogen and oxygen atoms in total. The van der Waals surface area contributed by atoms with Gasteiger partial charge in [-0.3, -0.25) is 0 Å². The van der Waals surface area contributed by atoms with Crippen molar-refractivity contribution in [2.24, 2.45) is 0 Å². The van der Waals surface area contributed by atoms with Crippen LogP contribution in [0.1, 0.15) is 0 Å². The van der Waals surface area contributed by atoms with Crippen molar-refractivity contribution in [3.05, 3.63) is 382 Å². The Kier molecular flexibility index (Phi) is 15.9. The maximum Gasteiger partial charge on any atom is 0.260 e. The average molecular weight is 1430 g/mol. The quantitative estimate of drug-likeness (QED) is 0.133. The van der Waals surface area contributed by atoms with Gasteiger partial charge in [0.1, 0.15) is 69.0 Å². The normalized spacial score (nSPS) is 12.6. The molecule has 16 aromatic carbocycles. The van der Waals surface area contributed by atoms with Gasteiger partial charge in [-0.2, -0.15) is 0 Å². The number of fused-ring (bicyclic) bond motifs is 13. The standard InChI is InChI=1S/C36H24BNO2.C32H19BO2S.C30H20BNO2/c1-3-11-27(12-4-1)38(28-13-5-2-6-14-28)29-21-19-25(20-22-29)26-23-34-36-35(24-26)40-33-18-10-8-16-31(33)37(36)30-15-7-9-17-32(30)39-34;1-6-12-30-22(7-1)19-31(36-30)21-15-13-20(14-16-21)23-17-28-32-29(18-23)35-27-11-5-3-9-25(27)33(32)24-8-2-4-10-26(24)34-28;1-3-11-21(12-4-1)32(22-13-5-2-6-14-22)23-19-28-30-29(20-23)34-27-18-10-8-16-25(27)31(30)24-15-7-9-17-26(24)33-28/h1-24H;1-19H;1-20H. The summed E-state index contributed by atoms with van der Waals surface area (Å²) in [6.07, 6.45) is 0. The molecule has 0 saturated heterocycles. The Hall–Kier alpha value is -13.9. The van der Waals surface area contributed by atoms with Gasteiger partial charge in [-0.25, -0.2) is 0 Å². The van der Waals surface area contributed by atoms with Crippen molar-refractivity contribution in [3.8, 4) is 102 Å². The van der Waals surface area contributed by atoms with E-state index in [4.69, 9.17) is 28.4 Å². The van der Waals surface area contributed by atoms with Crippen LogP contribution in [0.2, 0.25) is 0 Å². The lowest BCUT2D eigenvalue weighted by atomic mass is 9.35. The van der Waals surface area contributed by atoms with Crippen LogP contribution in [0.25, 0.3) is 42.8 Å². The van der Waals surface area contributed by atoms with Crippen molar-refractivity contribution >= 4 is 125 Å². The van der Waals surface area contributed by atoms with Crippen LogP contribution in [-0.2, 0) is 0 Å². The molecule has 1 aromatic heterocycles. The maximum absolute atomic E-state index is 6.50. The van der Waals surface area contributed by atoms with Gasteiger partial charge in [0.05, 0.1) is 5.69 Å². The predicted octanol–water partition coefficient (Wildman–Crippen LogP) is 20.4. The van der Waals surface area contributed by atoms with Gasteiger partial charge in [-0.15, -0.1) is 11.3 Å². The summed E-state index contributed by atoms with van der Waals surface area (Å²) in [4.78, 5) is 5.79. The molecule has 0 aliphatic carbocycles. The number of anilines is 6. The second-order valence-electron chi connectivity index (χ2n) is 28.1. The minimum atomic E-state index is 0.0795. The van der Waals surface area contributed by atoms with Crippen LogP contribution in [0.5, 0.6) is 69.0 Å². The lowest BCUT2D eigenvalue weighted by Crippen LogP contribution is -2.57. The highest BCUT2D eigenvalue weighted by atomic mass is 32.1. The fourth-order valence-corrected chi connectivity index (χ4v) is 17.7. The number of ether oxygens (including phenoxy) is 6. The van der Waals surface area contributed by atoms with E-state index in [-0.39, 0.29) is 20.1 Å². The monoisotopic (exact) mass is 1430 g/mol. The van der Waals surface area contributed by atoms with Crippen molar-refractivity contribution in [3.63, 3.8) is 0 Å². The average Bonchev–Trinajstić information content (AvgIpc) is 0.775. The van der Waals surface area contributed by atoms with E-state index in [1.54, 1.807) is 0 Å². The molecule has 0 radical (unpaired) electrons. The second-order valence-corrected chi connectivity index (χ2v) is 29.1. The number of hydrogen-bond donors (Lipinski definition) is 0. The summed E-state index contributed by atoms with van der Waals surface area (Å²) in [5.41, 5.74) is 22.4. The van der Waals surface area contributed by atoms with Crippen molar-refractivity contribution in [1.29, 1.82) is 0 Å². The molecule has 0 bridgehead atoms. The third kappa shape index (κ3) is 11.4. The van der Waals surface area contributed by atoms with Crippen molar-refractivity contribution in [1.82, 2.24) is 0 Å². The van der Waals surface area contributed by atoms with E-state index in [2.05, 4.69) is 331 Å². The number of thiophene rings is 1. The van der Waals surface area contributed by atoms with Crippen LogP contribution in [-0.4, -0.2) is 20.1 Å². The minimum Gasteiger partial charge on any atom is -0.458 e. The van der Waals surface area contributed by atoms with E-state index in [0.717, 1.165) is 142 Å². The Bertz CT molecular complexity index is 6080. The Labute approximate surface area is 642 Å². The molecule has 0 spiro atoms. The molecule has 23 rings (SSSR count). The number of para-hydroxylation sites is 10. The zero-order valence-corrected chi connectivity index (χ0v) is 60.2. The molecule has 516 valence electrons. The molecule has 110 heavy (non-hydrogen) atoms. The molecule has 0 saturated carbocycles. The lowest BCUT2D eigenvalue weighted by Gasteiger charge is -2.34. The third-order valence-electron chi connectivity index (χ3n) is 21.6. The first-order valence-electron chi connectivity index (χ1n) is 37.2. The summed E-state index contributed by atoms with van der Waals surface area (Å²) in [6.45, 7) is 0.270. The van der Waals surface area contributed by atoms with Gasteiger partial charge in [-0.05, 0) is 199 Å². The van der Waals surface area contributed by atoms with Gasteiger partial charge in [0.2, 0.25) is 0 Å². The van der Waals surface area contributed by atoms with Crippen LogP contribution in [0.3, 0.4) is 0 Å². The highest BCUT2D eigenvalue weighted by Gasteiger charge is 2.44. The highest BCUT2D eigenvalue weighted by Crippen LogP contribution is 2.46. The summed E-state index contributed by atoms with van der Waals surface area (Å²) >= 11 is 1.83. The Morgan fingerprint density at radius 1 is 0.191 bits per heavy atom. The van der Waals surface area contributed by atoms with E-state index in [9.17, 15) is 0 Å². The summed E-state index contributed by atoms with van der Waals surface area (Å²) < 4.78 is 40.2. The smallest absolute Gasteiger partial charge is 0.260 e. The van der Waals surface area contributed by atoms with E-state index in [0.29, 0.717) is 0 Å². The summed E-state index contributed by atoms with van der Waals surface area (Å²) in [6, 6.07) is 133. The van der Waals surface area contributed by atoms with Gasteiger partial charge in [0, 0.05) is 66.5 Å². The van der Waals surface area contributed by atoms with Crippen LogP contribution < -0.4 is 87.4 Å². The summed E-state index contributed by atoms with van der Waals surface area (Å²) in [5, 5.41) is 1.29. The first-order chi connectivity index (χ1) is 54.5. The maximum atomic E-state index is 6.50. The molecular weight excluding hydrogens is 1370 g/mol. The van der Waals surface area contributed by atoms with E-state index in [1.165, 1.54) is 53.3 Å². The molecular formula is C98H63B3N2O6S. The molecule has 7 heterocycles. The predicted molar refractivity (Wildman–Crippen MR) is 453 cm³/mol. The van der Waals surface area contributed by atoms with Crippen LogP contribution in [0.4, 0.5) is 34.1 Å². The molecule has 6 aliphatic rings. The number of benzene rings is 16. The fourth-order valence-electron chi connectivity index (χ4n) is 16.6. The molecule has 0 N–H and O–H groups in total. The Morgan fingerprint density at radius 3 is 0.773 bits per heavy atom. The van der Waals surface area contributed by atoms with Gasteiger partial charge in [0.15, 0.2) is 0 Å². The molecule has 0 amide bonds. The molecule has 0 fully saturated rings. The van der Waals surface area contributed by atoms with Gasteiger partial charge < -0.3 is 38.2 Å². The summed E-state index contributed by atoms with van der Waals surface area (Å²) in [7, 11) is 0. The number of hydrogen-bond acceptors (Lipinski definition) is 9. The first kappa shape index (κ1) is 64.5. The van der Waals surface area contributed by atoms with Crippen LogP contribution in [0.15, 0.2) is 382 Å². The lowest BCUT2D eigenvalue weighted by molar-refractivity contribution is 0.464. The molecule has 0 unspecified atom stereocenters. The topological polar surface area (TPSA) is 61.9 Å². The zero-order chi connectivity index (χ0) is 72.6. The fraction of sp³-hybridized carbons (Fsp3) is 0. The minimum absolute atomic E-state index is 0.0795. The summed E-state index contributed by atoms with van der Waals surface area (Å²) in [5.74, 6) is 10.5. The number of rotatable bonds is 9. The van der Waals surface area contributed by atoms with Crippen LogP contribution >= 0.6 is 11.3 Å². The third-order valence-corrected chi connectivity index (χ3v) is 22.7. The Morgan fingerprint density at radius 2 is 0.445 bits per heavy atom. The van der Waals surface area contributed by atoms with Crippen molar-refractivity contribution in [2.75, 3.05) is 9.80 Å². The SMILES string of the molecule is c1ccc(N(c2ccccc2)c2cc3c4c(c2)Oc2ccccc2B4c2ccccc2O3)cc1.c1ccc(N(c2ccccc2)c2ccc(-c3cc4c5c(c3)Oc3ccccc3B5c3ccccc3O4)cc2)cc1.c1ccc2c(c1)Oc1cc(-c3ccc(-c4cc5ccccc5s4)cc3)cc3c1B2c1ccccc1O3. The van der Waals surface area contributed by atoms with Gasteiger partial charge in [-0.1, -0.05) is 237 Å². The van der Waals surface area contributed by atoms with Gasteiger partial charge in [0.25, 0.3) is 20.1 Å². The highest BCUT2D eigenvalue weighted by molar-refractivity contribution is 7.22. The zero-order valence-electron chi connectivity index (χ0n) is 59.4. The van der Waals surface area contributed by atoms with E-state index in [1.807, 2.05) is 72.0 Å². The van der Waals surface area contributed by atoms with Crippen molar-refractivity contribution in [2.45, 2.75) is 0 Å². The largest absolute Gasteiger partial charge is 0.458 e. The van der Waals surface area contributed by atoms with E-state index >= 15 is 0 Å². The first-order valence-corrected chi connectivity index (χ1v) is 38.0. The van der Waals surface area contributed by atoms with Crippen LogP contribution in [0, 0.1) is 0 Å². The second kappa shape index (κ2) is 27.1. The number of nitrogens with zero attached hydrogens (tertiary/aromatic N) is 2. The molecule has 12 heteroatoms. The molecule has 0 atom stereocenters. The molecule has 6 aliphatic heterocycles. The molecule has 17 aromatic rings. The Balaban J connectivity index is 0.000000105. The van der Waals surface area contributed by atoms with Gasteiger partial charge >= 0.3 is 0 Å².